The van der Waals surface area contributed by atoms with Gasteiger partial charge in [-0.1, -0.05) is 66.2 Å². The second-order valence-corrected chi connectivity index (χ2v) is 8.42. The zero-order chi connectivity index (χ0) is 24.1. The van der Waals surface area contributed by atoms with E-state index in [2.05, 4.69) is 11.4 Å². The van der Waals surface area contributed by atoms with Gasteiger partial charge in [0.05, 0.1) is 0 Å². The molecule has 4 rings (SSSR count). The number of carbonyl (C=O) groups is 1. The molecule has 4 nitrogen and oxygen atoms in total. The molecule has 0 aliphatic carbocycles. The number of fused-ring (bicyclic) bond motifs is 1. The number of hydrogen-bond donors (Lipinski definition) is 1. The summed E-state index contributed by atoms with van der Waals surface area (Å²) in [6, 6.07) is 26.8. The fourth-order valence-electron chi connectivity index (χ4n) is 3.66. The molecule has 0 aliphatic heterocycles. The molecule has 0 unspecified atom stereocenters. The largest absolute Gasteiger partial charge is 0.488 e. The summed E-state index contributed by atoms with van der Waals surface area (Å²) in [5.74, 6) is 0.119. The minimum absolute atomic E-state index is 0.00592. The highest BCUT2D eigenvalue weighted by Gasteiger charge is 2.15. The molecule has 5 heteroatoms. The van der Waals surface area contributed by atoms with E-state index < -0.39 is 5.91 Å². The Kier molecular flexibility index (Phi) is 6.96. The fourth-order valence-corrected chi connectivity index (χ4v) is 3.79. The van der Waals surface area contributed by atoms with E-state index >= 15 is 0 Å². The van der Waals surface area contributed by atoms with Gasteiger partial charge in [-0.3, -0.25) is 4.79 Å². The van der Waals surface area contributed by atoms with Gasteiger partial charge in [0.2, 0.25) is 0 Å². The van der Waals surface area contributed by atoms with Gasteiger partial charge in [0.1, 0.15) is 24.0 Å². The second-order valence-electron chi connectivity index (χ2n) is 7.99. The Morgan fingerprint density at radius 3 is 2.53 bits per heavy atom. The van der Waals surface area contributed by atoms with Gasteiger partial charge < -0.3 is 10.1 Å². The molecule has 1 N–H and O–H groups in total. The van der Waals surface area contributed by atoms with E-state index in [0.29, 0.717) is 28.6 Å². The summed E-state index contributed by atoms with van der Waals surface area (Å²) >= 11 is 5.98. The number of nitrogens with zero attached hydrogens (tertiary/aromatic N) is 1. The zero-order valence-electron chi connectivity index (χ0n) is 18.9. The highest BCUT2D eigenvalue weighted by molar-refractivity contribution is 6.30. The molecule has 0 aliphatic rings. The van der Waals surface area contributed by atoms with Crippen LogP contribution in [0.3, 0.4) is 0 Å². The number of hydrogen-bond acceptors (Lipinski definition) is 3. The summed E-state index contributed by atoms with van der Waals surface area (Å²) < 4.78 is 6.12. The molecule has 0 fully saturated rings. The third-order valence-corrected chi connectivity index (χ3v) is 6.00. The monoisotopic (exact) mass is 466 g/mol. The van der Waals surface area contributed by atoms with Crippen molar-refractivity contribution in [3.8, 4) is 11.8 Å². The van der Waals surface area contributed by atoms with Crippen LogP contribution in [0.2, 0.25) is 5.02 Å². The average molecular weight is 467 g/mol. The van der Waals surface area contributed by atoms with E-state index in [1.807, 2.05) is 92.7 Å². The summed E-state index contributed by atoms with van der Waals surface area (Å²) in [7, 11) is 0. The molecule has 34 heavy (non-hydrogen) atoms. The molecule has 4 aromatic rings. The number of ether oxygens (including phenoxy) is 1. The summed E-state index contributed by atoms with van der Waals surface area (Å²) in [6.45, 7) is 4.24. The Morgan fingerprint density at radius 2 is 1.76 bits per heavy atom. The first-order chi connectivity index (χ1) is 16.5. The predicted molar refractivity (Wildman–Crippen MR) is 138 cm³/mol. The maximum absolute atomic E-state index is 13.0. The van der Waals surface area contributed by atoms with E-state index in [4.69, 9.17) is 16.3 Å². The predicted octanol–water partition coefficient (Wildman–Crippen LogP) is 7.23. The lowest BCUT2D eigenvalue weighted by Gasteiger charge is -2.13. The van der Waals surface area contributed by atoms with Gasteiger partial charge in [0.15, 0.2) is 0 Å². The van der Waals surface area contributed by atoms with Gasteiger partial charge in [0, 0.05) is 16.3 Å². The van der Waals surface area contributed by atoms with E-state index in [0.717, 1.165) is 27.5 Å². The Bertz CT molecular complexity index is 1430. The van der Waals surface area contributed by atoms with Gasteiger partial charge in [-0.2, -0.15) is 5.26 Å². The molecule has 0 bridgehead atoms. The molecule has 0 heterocycles. The minimum Gasteiger partial charge on any atom is -0.488 e. The molecule has 0 spiro atoms. The van der Waals surface area contributed by atoms with Crippen LogP contribution in [0.15, 0.2) is 84.4 Å². The van der Waals surface area contributed by atoms with Crippen molar-refractivity contribution in [2.24, 2.45) is 0 Å². The minimum atomic E-state index is -0.465. The lowest BCUT2D eigenvalue weighted by atomic mass is 10.0. The number of rotatable bonds is 6. The number of aryl methyl sites for hydroxylation is 1. The maximum Gasteiger partial charge on any atom is 0.266 e. The number of anilines is 1. The van der Waals surface area contributed by atoms with E-state index in [1.54, 1.807) is 6.08 Å². The lowest BCUT2D eigenvalue weighted by Crippen LogP contribution is -2.14. The highest BCUT2D eigenvalue weighted by Crippen LogP contribution is 2.31. The van der Waals surface area contributed by atoms with Crippen LogP contribution < -0.4 is 10.1 Å². The number of halogens is 1. The SMILES string of the molecule is Cc1cccc(NC(=O)/C(C#N)=C/c2c(OCc3ccc(Cl)cc3)ccc3ccccc23)c1C. The van der Waals surface area contributed by atoms with Gasteiger partial charge in [-0.15, -0.1) is 0 Å². The van der Waals surface area contributed by atoms with Gasteiger partial charge in [0.25, 0.3) is 5.91 Å². The second kappa shape index (κ2) is 10.2. The van der Waals surface area contributed by atoms with E-state index in [9.17, 15) is 10.1 Å². The first-order valence-electron chi connectivity index (χ1n) is 10.8. The molecule has 0 saturated heterocycles. The van der Waals surface area contributed by atoms with Crippen molar-refractivity contribution < 1.29 is 9.53 Å². The Balaban J connectivity index is 1.70. The van der Waals surface area contributed by atoms with Gasteiger partial charge in [-0.05, 0) is 71.7 Å². The van der Waals surface area contributed by atoms with Gasteiger partial charge >= 0.3 is 0 Å². The van der Waals surface area contributed by atoms with Crippen molar-refractivity contribution in [2.75, 3.05) is 5.32 Å². The smallest absolute Gasteiger partial charge is 0.266 e. The third kappa shape index (κ3) is 5.11. The Hall–Kier alpha value is -4.07. The van der Waals surface area contributed by atoms with E-state index in [-0.39, 0.29) is 5.57 Å². The molecule has 0 atom stereocenters. The van der Waals surface area contributed by atoms with Crippen LogP contribution >= 0.6 is 11.6 Å². The van der Waals surface area contributed by atoms with Crippen LogP contribution in [0.1, 0.15) is 22.3 Å². The fraction of sp³-hybridized carbons (Fsp3) is 0.103. The first-order valence-corrected chi connectivity index (χ1v) is 11.2. The number of benzene rings is 4. The Labute approximate surface area is 204 Å². The summed E-state index contributed by atoms with van der Waals surface area (Å²) in [5, 5.41) is 15.2. The van der Waals surface area contributed by atoms with Crippen molar-refractivity contribution in [1.29, 1.82) is 5.26 Å². The van der Waals surface area contributed by atoms with Crippen LogP contribution in [0.5, 0.6) is 5.75 Å². The van der Waals surface area contributed by atoms with Crippen LogP contribution in [0.25, 0.3) is 16.8 Å². The van der Waals surface area contributed by atoms with Crippen LogP contribution in [0, 0.1) is 25.2 Å². The quantitative estimate of drug-likeness (QED) is 0.241. The number of nitriles is 1. The van der Waals surface area contributed by atoms with Crippen molar-refractivity contribution >= 4 is 40.0 Å². The number of nitrogens with one attached hydrogen (secondary N) is 1. The third-order valence-electron chi connectivity index (χ3n) is 5.74. The molecule has 0 radical (unpaired) electrons. The summed E-state index contributed by atoms with van der Waals surface area (Å²) in [6.07, 6.45) is 1.60. The first kappa shape index (κ1) is 23.1. The summed E-state index contributed by atoms with van der Waals surface area (Å²) in [5.41, 5.74) is 4.34. The molecule has 168 valence electrons. The Morgan fingerprint density at radius 1 is 1.00 bits per heavy atom. The number of carbonyl (C=O) groups excluding carboxylic acids is 1. The van der Waals surface area contributed by atoms with Crippen LogP contribution in [-0.2, 0) is 11.4 Å². The van der Waals surface area contributed by atoms with Crippen LogP contribution in [-0.4, -0.2) is 5.91 Å². The van der Waals surface area contributed by atoms with Crippen molar-refractivity contribution in [3.63, 3.8) is 0 Å². The number of amides is 1. The molecule has 1 amide bonds. The maximum atomic E-state index is 13.0. The molecule has 4 aromatic carbocycles. The summed E-state index contributed by atoms with van der Waals surface area (Å²) in [4.78, 5) is 13.0. The molecule has 0 aromatic heterocycles. The normalized spacial score (nSPS) is 11.2. The van der Waals surface area contributed by atoms with Crippen molar-refractivity contribution in [1.82, 2.24) is 0 Å². The van der Waals surface area contributed by atoms with Crippen molar-refractivity contribution in [2.45, 2.75) is 20.5 Å². The lowest BCUT2D eigenvalue weighted by molar-refractivity contribution is -0.112. The van der Waals surface area contributed by atoms with E-state index in [1.165, 1.54) is 0 Å². The topological polar surface area (TPSA) is 62.1 Å². The highest BCUT2D eigenvalue weighted by atomic mass is 35.5. The standard InChI is InChI=1S/C29H23ClN2O2/c1-19-6-5-9-27(20(19)2)32-29(33)23(17-31)16-26-25-8-4-3-7-22(25)12-15-28(26)34-18-21-10-13-24(30)14-11-21/h3-16H,18H2,1-2H3,(H,32,33)/b23-16+. The van der Waals surface area contributed by atoms with Crippen LogP contribution in [0.4, 0.5) is 5.69 Å². The molecular weight excluding hydrogens is 444 g/mol. The van der Waals surface area contributed by atoms with Gasteiger partial charge in [-0.25, -0.2) is 0 Å². The zero-order valence-corrected chi connectivity index (χ0v) is 19.7. The molecular formula is C29H23ClN2O2. The molecule has 0 saturated carbocycles. The average Bonchev–Trinajstić information content (AvgIpc) is 2.85. The van der Waals surface area contributed by atoms with Crippen molar-refractivity contribution in [3.05, 3.63) is 112 Å².